The fourth-order valence-corrected chi connectivity index (χ4v) is 11.4. The maximum absolute atomic E-state index is 5.17. The number of hydrogen-bond acceptors (Lipinski definition) is 3. The van der Waals surface area contributed by atoms with Crippen LogP contribution < -0.4 is 10.4 Å². The van der Waals surface area contributed by atoms with Crippen molar-refractivity contribution in [3.63, 3.8) is 0 Å². The van der Waals surface area contributed by atoms with Crippen molar-refractivity contribution in [3.05, 3.63) is 186 Å². The Hall–Kier alpha value is -6.02. The summed E-state index contributed by atoms with van der Waals surface area (Å²) in [6.07, 6.45) is 0. The van der Waals surface area contributed by atoms with Gasteiger partial charge in [0.2, 0.25) is 0 Å². The molecule has 0 fully saturated rings. The quantitative estimate of drug-likeness (QED) is 0.158. The molecule has 0 amide bonds. The third kappa shape index (κ3) is 5.71. The molecule has 276 valence electrons. The van der Waals surface area contributed by atoms with Crippen molar-refractivity contribution in [1.29, 1.82) is 0 Å². The van der Waals surface area contributed by atoms with Crippen molar-refractivity contribution < 1.29 is 0 Å². The van der Waals surface area contributed by atoms with Gasteiger partial charge >= 0.3 is 0 Å². The summed E-state index contributed by atoms with van der Waals surface area (Å²) in [7, 11) is -2.93. The van der Waals surface area contributed by atoms with Crippen molar-refractivity contribution in [2.75, 3.05) is 0 Å². The molecule has 0 saturated carbocycles. The molecule has 10 rings (SSSR count). The smallest absolute Gasteiger partial charge is 0.164 e. The Labute approximate surface area is 338 Å². The third-order valence-electron chi connectivity index (χ3n) is 12.1. The fraction of sp³-hybridized carbons (Fsp3) is 0.135. The zero-order valence-corrected chi connectivity index (χ0v) is 35.4. The Kier molecular flexibility index (Phi) is 8.09. The lowest BCUT2D eigenvalue weighted by Gasteiger charge is -2.30. The van der Waals surface area contributed by atoms with Gasteiger partial charge in [0.25, 0.3) is 0 Å². The predicted molar refractivity (Wildman–Crippen MR) is 244 cm³/mol. The van der Waals surface area contributed by atoms with Crippen LogP contribution in [0.2, 0.25) is 39.3 Å². The topological polar surface area (TPSA) is 38.7 Å². The predicted octanol–water partition coefficient (Wildman–Crippen LogP) is 12.0. The van der Waals surface area contributed by atoms with Gasteiger partial charge in [-0.25, -0.2) is 15.0 Å². The van der Waals surface area contributed by atoms with Gasteiger partial charge in [-0.3, -0.25) is 0 Å². The Bertz CT molecular complexity index is 2720. The van der Waals surface area contributed by atoms with Gasteiger partial charge in [-0.1, -0.05) is 201 Å². The number of fused-ring (bicyclic) bond motifs is 10. The average Bonchev–Trinajstić information content (AvgIpc) is 3.70. The Morgan fingerprint density at radius 3 is 1.14 bits per heavy atom. The van der Waals surface area contributed by atoms with Crippen LogP contribution in [-0.4, -0.2) is 31.1 Å². The summed E-state index contributed by atoms with van der Waals surface area (Å²) < 4.78 is 0. The maximum atomic E-state index is 5.17. The molecule has 0 unspecified atom stereocenters. The first-order valence-corrected chi connectivity index (χ1v) is 27.0. The first-order chi connectivity index (χ1) is 27.5. The standard InChI is InChI=1S/C52H45N3Si2/c1-56(2,3)39-27-22-34(23-28-39)49-53-50(35-24-29-40(30-25-35)57(4,5)6)55-51(54-49)38-15-13-14-36(32-38)37-26-31-44-43-18-9-12-21-47(43)52(48(44)33-37)45-19-10-7-16-41(45)42-17-8-11-20-46(42)52/h7-33H,1-6H3. The molecule has 0 N–H and O–H groups in total. The van der Waals surface area contributed by atoms with Gasteiger partial charge in [0.1, 0.15) is 0 Å². The van der Waals surface area contributed by atoms with Crippen molar-refractivity contribution >= 4 is 26.5 Å². The normalized spacial score (nSPS) is 13.6. The van der Waals surface area contributed by atoms with Crippen LogP contribution in [0.25, 0.3) is 67.5 Å². The lowest BCUT2D eigenvalue weighted by atomic mass is 9.70. The second kappa shape index (κ2) is 13.0. The van der Waals surface area contributed by atoms with Gasteiger partial charge in [-0.2, -0.15) is 0 Å². The summed E-state index contributed by atoms with van der Waals surface area (Å²) in [5.74, 6) is 2.05. The van der Waals surface area contributed by atoms with Gasteiger partial charge in [-0.15, -0.1) is 0 Å². The molecule has 8 aromatic rings. The number of hydrogen-bond donors (Lipinski definition) is 0. The first kappa shape index (κ1) is 35.4. The van der Waals surface area contributed by atoms with E-state index in [9.17, 15) is 0 Å². The molecule has 7 aromatic carbocycles. The average molecular weight is 768 g/mol. The number of nitrogens with zero attached hydrogens (tertiary/aromatic N) is 3. The summed E-state index contributed by atoms with van der Waals surface area (Å²) in [6, 6.07) is 60.5. The Morgan fingerprint density at radius 1 is 0.316 bits per heavy atom. The largest absolute Gasteiger partial charge is 0.208 e. The zero-order chi connectivity index (χ0) is 39.1. The van der Waals surface area contributed by atoms with Gasteiger partial charge in [0, 0.05) is 16.7 Å². The molecule has 1 spiro atoms. The molecule has 0 aliphatic heterocycles. The van der Waals surface area contributed by atoms with E-state index in [1.807, 2.05) is 0 Å². The highest BCUT2D eigenvalue weighted by molar-refractivity contribution is 6.89. The highest BCUT2D eigenvalue weighted by Gasteiger charge is 2.51. The maximum Gasteiger partial charge on any atom is 0.164 e. The summed E-state index contributed by atoms with van der Waals surface area (Å²) in [4.78, 5) is 15.4. The first-order valence-electron chi connectivity index (χ1n) is 20.0. The van der Waals surface area contributed by atoms with E-state index in [4.69, 9.17) is 15.0 Å². The molecule has 0 atom stereocenters. The van der Waals surface area contributed by atoms with Crippen LogP contribution in [0.4, 0.5) is 0 Å². The molecule has 0 bridgehead atoms. The molecule has 57 heavy (non-hydrogen) atoms. The second-order valence-electron chi connectivity index (χ2n) is 17.7. The monoisotopic (exact) mass is 767 g/mol. The molecule has 5 heteroatoms. The lowest BCUT2D eigenvalue weighted by molar-refractivity contribution is 0.794. The summed E-state index contributed by atoms with van der Waals surface area (Å²) in [5.41, 5.74) is 15.5. The van der Waals surface area contributed by atoms with Gasteiger partial charge in [0.05, 0.1) is 21.6 Å². The van der Waals surface area contributed by atoms with Crippen LogP contribution in [0, 0.1) is 0 Å². The van der Waals surface area contributed by atoms with E-state index in [0.717, 1.165) is 22.3 Å². The minimum Gasteiger partial charge on any atom is -0.208 e. The number of rotatable bonds is 6. The van der Waals surface area contributed by atoms with Gasteiger partial charge < -0.3 is 0 Å². The summed E-state index contributed by atoms with van der Waals surface area (Å²) in [5, 5.41) is 2.83. The fourth-order valence-electron chi connectivity index (χ4n) is 9.11. The molecule has 0 saturated heterocycles. The van der Waals surface area contributed by atoms with E-state index < -0.39 is 16.1 Å². The lowest BCUT2D eigenvalue weighted by Crippen LogP contribution is -2.37. The molecule has 2 aliphatic rings. The van der Waals surface area contributed by atoms with Crippen LogP contribution in [0.1, 0.15) is 22.3 Å². The molecule has 2 aliphatic carbocycles. The van der Waals surface area contributed by atoms with E-state index >= 15 is 0 Å². The van der Waals surface area contributed by atoms with E-state index in [1.165, 1.54) is 60.4 Å². The SMILES string of the molecule is C[Si](C)(C)c1ccc(-c2nc(-c3ccc([Si](C)(C)C)cc3)nc(-c3cccc(-c4ccc5c(c4)C4(c6ccccc6-c6ccccc64)c4ccccc4-5)c3)n2)cc1. The minimum atomic E-state index is -1.46. The van der Waals surface area contributed by atoms with Gasteiger partial charge in [-0.05, 0) is 67.8 Å². The highest BCUT2D eigenvalue weighted by atomic mass is 28.3. The number of benzene rings is 7. The molecular weight excluding hydrogens is 723 g/mol. The Balaban J connectivity index is 1.12. The number of aromatic nitrogens is 3. The van der Waals surface area contributed by atoms with Crippen molar-refractivity contribution in [3.8, 4) is 67.5 Å². The van der Waals surface area contributed by atoms with Crippen LogP contribution in [0.15, 0.2) is 164 Å². The second-order valence-corrected chi connectivity index (χ2v) is 27.8. The van der Waals surface area contributed by atoms with E-state index in [1.54, 1.807) is 0 Å². The zero-order valence-electron chi connectivity index (χ0n) is 33.4. The summed E-state index contributed by atoms with van der Waals surface area (Å²) in [6.45, 7) is 14.3. The summed E-state index contributed by atoms with van der Waals surface area (Å²) >= 11 is 0. The third-order valence-corrected chi connectivity index (χ3v) is 16.2. The van der Waals surface area contributed by atoms with E-state index in [0.29, 0.717) is 17.5 Å². The van der Waals surface area contributed by atoms with Crippen LogP contribution in [0.5, 0.6) is 0 Å². The molecule has 1 heterocycles. The highest BCUT2D eigenvalue weighted by Crippen LogP contribution is 2.63. The Morgan fingerprint density at radius 2 is 0.684 bits per heavy atom. The van der Waals surface area contributed by atoms with Crippen molar-refractivity contribution in [1.82, 2.24) is 15.0 Å². The van der Waals surface area contributed by atoms with Crippen molar-refractivity contribution in [2.24, 2.45) is 0 Å². The molecule has 0 radical (unpaired) electrons. The van der Waals surface area contributed by atoms with Crippen LogP contribution in [-0.2, 0) is 5.41 Å². The van der Waals surface area contributed by atoms with E-state index in [2.05, 4.69) is 203 Å². The van der Waals surface area contributed by atoms with Crippen molar-refractivity contribution in [2.45, 2.75) is 44.7 Å². The molecule has 3 nitrogen and oxygen atoms in total. The minimum absolute atomic E-state index is 0.388. The van der Waals surface area contributed by atoms with E-state index in [-0.39, 0.29) is 5.41 Å². The van der Waals surface area contributed by atoms with Crippen LogP contribution >= 0.6 is 0 Å². The molecular formula is C52H45N3Si2. The van der Waals surface area contributed by atoms with Gasteiger partial charge in [0.15, 0.2) is 17.5 Å². The molecule has 1 aromatic heterocycles. The van der Waals surface area contributed by atoms with Crippen LogP contribution in [0.3, 0.4) is 0 Å².